The zero-order valence-electron chi connectivity index (χ0n) is 12.3. The lowest BCUT2D eigenvalue weighted by molar-refractivity contribution is 0.216. The number of benzene rings is 2. The third-order valence-electron chi connectivity index (χ3n) is 3.24. The van der Waals surface area contributed by atoms with Crippen LogP contribution in [0.2, 0.25) is 0 Å². The summed E-state index contributed by atoms with van der Waals surface area (Å²) in [6, 6.07) is 16.2. The van der Waals surface area contributed by atoms with E-state index in [4.69, 9.17) is 9.47 Å². The smallest absolute Gasteiger partial charge is 0.133 e. The van der Waals surface area contributed by atoms with E-state index in [2.05, 4.69) is 40.3 Å². The average Bonchev–Trinajstić information content (AvgIpc) is 2.53. The van der Waals surface area contributed by atoms with Gasteiger partial charge < -0.3 is 14.8 Å². The van der Waals surface area contributed by atoms with Gasteiger partial charge in [0, 0.05) is 6.04 Å². The van der Waals surface area contributed by atoms with Gasteiger partial charge in [0.1, 0.15) is 24.7 Å². The third kappa shape index (κ3) is 4.76. The fourth-order valence-electron chi connectivity index (χ4n) is 1.90. The molecule has 0 saturated carbocycles. The standard InChI is InChI=1S/C17H20BrNO2/c1-13(19-2)14-8-9-17(16(18)12-14)21-11-10-20-15-6-4-3-5-7-15/h3-9,12-13,19H,10-11H2,1-2H3. The Kier molecular flexibility index (Phi) is 6.08. The molecule has 1 atom stereocenters. The third-order valence-corrected chi connectivity index (χ3v) is 3.86. The van der Waals surface area contributed by atoms with E-state index in [1.54, 1.807) is 0 Å². The summed E-state index contributed by atoms with van der Waals surface area (Å²) in [6.45, 7) is 3.15. The van der Waals surface area contributed by atoms with Crippen molar-refractivity contribution in [2.75, 3.05) is 20.3 Å². The normalized spacial score (nSPS) is 12.0. The number of rotatable bonds is 7. The van der Waals surface area contributed by atoms with Crippen molar-refractivity contribution in [3.8, 4) is 11.5 Å². The van der Waals surface area contributed by atoms with Crippen LogP contribution in [0.15, 0.2) is 53.0 Å². The van der Waals surface area contributed by atoms with Gasteiger partial charge in [0.25, 0.3) is 0 Å². The van der Waals surface area contributed by atoms with Gasteiger partial charge in [-0.25, -0.2) is 0 Å². The van der Waals surface area contributed by atoms with Crippen molar-refractivity contribution >= 4 is 15.9 Å². The lowest BCUT2D eigenvalue weighted by atomic mass is 10.1. The van der Waals surface area contributed by atoms with Crippen molar-refractivity contribution in [1.82, 2.24) is 5.32 Å². The molecular weight excluding hydrogens is 330 g/mol. The molecule has 0 fully saturated rings. The molecule has 0 aliphatic carbocycles. The van der Waals surface area contributed by atoms with E-state index in [1.807, 2.05) is 43.4 Å². The van der Waals surface area contributed by atoms with Crippen LogP contribution >= 0.6 is 15.9 Å². The lowest BCUT2D eigenvalue weighted by Gasteiger charge is -2.14. The minimum Gasteiger partial charge on any atom is -0.490 e. The van der Waals surface area contributed by atoms with Gasteiger partial charge in [-0.05, 0) is 59.7 Å². The van der Waals surface area contributed by atoms with Crippen molar-refractivity contribution in [2.24, 2.45) is 0 Å². The van der Waals surface area contributed by atoms with E-state index in [1.165, 1.54) is 5.56 Å². The second kappa shape index (κ2) is 8.05. The summed E-state index contributed by atoms with van der Waals surface area (Å²) in [5, 5.41) is 3.22. The summed E-state index contributed by atoms with van der Waals surface area (Å²) in [6.07, 6.45) is 0. The van der Waals surface area contributed by atoms with Crippen LogP contribution in [0, 0.1) is 0 Å². The molecule has 2 rings (SSSR count). The highest BCUT2D eigenvalue weighted by Crippen LogP contribution is 2.28. The highest BCUT2D eigenvalue weighted by molar-refractivity contribution is 9.10. The van der Waals surface area contributed by atoms with E-state index in [0.29, 0.717) is 19.3 Å². The van der Waals surface area contributed by atoms with Gasteiger partial charge in [0.05, 0.1) is 4.47 Å². The van der Waals surface area contributed by atoms with Gasteiger partial charge in [-0.1, -0.05) is 24.3 Å². The first-order valence-corrected chi connectivity index (χ1v) is 7.77. The molecule has 21 heavy (non-hydrogen) atoms. The zero-order valence-corrected chi connectivity index (χ0v) is 13.9. The molecule has 3 nitrogen and oxygen atoms in total. The summed E-state index contributed by atoms with van der Waals surface area (Å²) in [7, 11) is 1.95. The van der Waals surface area contributed by atoms with Crippen molar-refractivity contribution in [3.05, 3.63) is 58.6 Å². The maximum absolute atomic E-state index is 5.73. The molecule has 4 heteroatoms. The van der Waals surface area contributed by atoms with Crippen molar-refractivity contribution in [2.45, 2.75) is 13.0 Å². The number of hydrogen-bond acceptors (Lipinski definition) is 3. The lowest BCUT2D eigenvalue weighted by Crippen LogP contribution is -2.12. The molecule has 0 aliphatic heterocycles. The summed E-state index contributed by atoms with van der Waals surface area (Å²) in [5.74, 6) is 1.69. The van der Waals surface area contributed by atoms with E-state index in [-0.39, 0.29) is 0 Å². The Bertz CT molecular complexity index is 560. The topological polar surface area (TPSA) is 30.5 Å². The van der Waals surface area contributed by atoms with E-state index in [9.17, 15) is 0 Å². The SMILES string of the molecule is CNC(C)c1ccc(OCCOc2ccccc2)c(Br)c1. The van der Waals surface area contributed by atoms with Gasteiger partial charge in [0.2, 0.25) is 0 Å². The van der Waals surface area contributed by atoms with E-state index < -0.39 is 0 Å². The fraction of sp³-hybridized carbons (Fsp3) is 0.294. The summed E-state index contributed by atoms with van der Waals surface area (Å²) < 4.78 is 12.3. The Balaban J connectivity index is 1.83. The van der Waals surface area contributed by atoms with Crippen molar-refractivity contribution < 1.29 is 9.47 Å². The first-order valence-electron chi connectivity index (χ1n) is 6.98. The fourth-order valence-corrected chi connectivity index (χ4v) is 2.41. The summed E-state index contributed by atoms with van der Waals surface area (Å²) >= 11 is 3.55. The Labute approximate surface area is 134 Å². The highest BCUT2D eigenvalue weighted by Gasteiger charge is 2.07. The Morgan fingerprint density at radius 1 is 1.05 bits per heavy atom. The molecule has 0 spiro atoms. The van der Waals surface area contributed by atoms with Gasteiger partial charge in [-0.3, -0.25) is 0 Å². The van der Waals surface area contributed by atoms with E-state index in [0.717, 1.165) is 16.0 Å². The van der Waals surface area contributed by atoms with Crippen molar-refractivity contribution in [1.29, 1.82) is 0 Å². The molecule has 0 heterocycles. The molecule has 0 saturated heterocycles. The molecular formula is C17H20BrNO2. The van der Waals surface area contributed by atoms with Crippen LogP contribution in [0.1, 0.15) is 18.5 Å². The quantitative estimate of drug-likeness (QED) is 0.760. The molecule has 1 N–H and O–H groups in total. The molecule has 2 aromatic rings. The number of nitrogens with one attached hydrogen (secondary N) is 1. The maximum Gasteiger partial charge on any atom is 0.133 e. The van der Waals surface area contributed by atoms with Crippen LogP contribution < -0.4 is 14.8 Å². The summed E-state index contributed by atoms with van der Waals surface area (Å²) in [5.41, 5.74) is 1.22. The molecule has 112 valence electrons. The maximum atomic E-state index is 5.73. The van der Waals surface area contributed by atoms with E-state index >= 15 is 0 Å². The molecule has 0 aliphatic rings. The average molecular weight is 350 g/mol. The van der Waals surface area contributed by atoms with Gasteiger partial charge in [0.15, 0.2) is 0 Å². The van der Waals surface area contributed by atoms with Crippen LogP contribution in [0.25, 0.3) is 0 Å². The number of ether oxygens (including phenoxy) is 2. The summed E-state index contributed by atoms with van der Waals surface area (Å²) in [4.78, 5) is 0. The monoisotopic (exact) mass is 349 g/mol. The molecule has 2 aromatic carbocycles. The van der Waals surface area contributed by atoms with Crippen LogP contribution in [0.4, 0.5) is 0 Å². The predicted octanol–water partition coefficient (Wildman–Crippen LogP) is 4.19. The van der Waals surface area contributed by atoms with Crippen LogP contribution in [-0.2, 0) is 0 Å². The van der Waals surface area contributed by atoms with Crippen LogP contribution in [0.3, 0.4) is 0 Å². The first-order chi connectivity index (χ1) is 10.2. The Morgan fingerprint density at radius 2 is 1.76 bits per heavy atom. The predicted molar refractivity (Wildman–Crippen MR) is 89.0 cm³/mol. The highest BCUT2D eigenvalue weighted by atomic mass is 79.9. The molecule has 1 unspecified atom stereocenters. The molecule has 0 radical (unpaired) electrons. The van der Waals surface area contributed by atoms with Gasteiger partial charge in [-0.15, -0.1) is 0 Å². The largest absolute Gasteiger partial charge is 0.490 e. The minimum absolute atomic E-state index is 0.316. The van der Waals surface area contributed by atoms with Gasteiger partial charge in [-0.2, -0.15) is 0 Å². The Morgan fingerprint density at radius 3 is 2.43 bits per heavy atom. The molecule has 0 aromatic heterocycles. The number of para-hydroxylation sites is 1. The number of halogens is 1. The second-order valence-electron chi connectivity index (χ2n) is 4.71. The van der Waals surface area contributed by atoms with Crippen LogP contribution in [-0.4, -0.2) is 20.3 Å². The van der Waals surface area contributed by atoms with Gasteiger partial charge >= 0.3 is 0 Å². The second-order valence-corrected chi connectivity index (χ2v) is 5.56. The molecule has 0 amide bonds. The molecule has 0 bridgehead atoms. The van der Waals surface area contributed by atoms with Crippen LogP contribution in [0.5, 0.6) is 11.5 Å². The number of hydrogen-bond donors (Lipinski definition) is 1. The Hall–Kier alpha value is -1.52. The van der Waals surface area contributed by atoms with Crippen molar-refractivity contribution in [3.63, 3.8) is 0 Å². The first kappa shape index (κ1) is 15.9. The zero-order chi connectivity index (χ0) is 15.1. The minimum atomic E-state index is 0.316.